The molecule has 0 aromatic carbocycles. The summed E-state index contributed by atoms with van der Waals surface area (Å²) in [6.07, 6.45) is -0.640. The van der Waals surface area contributed by atoms with Crippen molar-refractivity contribution in [3.63, 3.8) is 0 Å². The molecule has 0 saturated carbocycles. The van der Waals surface area contributed by atoms with E-state index in [2.05, 4.69) is 16.8 Å². The van der Waals surface area contributed by atoms with Gasteiger partial charge >= 0.3 is 0 Å². The van der Waals surface area contributed by atoms with Crippen LogP contribution < -0.4 is 5.43 Å². The molecule has 0 bridgehead atoms. The number of pyridine rings is 1. The Morgan fingerprint density at radius 2 is 1.91 bits per heavy atom. The van der Waals surface area contributed by atoms with E-state index in [4.69, 9.17) is 0 Å². The van der Waals surface area contributed by atoms with Crippen LogP contribution in [-0.2, 0) is 19.7 Å². The van der Waals surface area contributed by atoms with Gasteiger partial charge in [-0.25, -0.2) is 0 Å². The van der Waals surface area contributed by atoms with Crippen molar-refractivity contribution in [3.05, 3.63) is 27.7 Å². The Bertz CT molecular complexity index is 563. The maximum Gasteiger partial charge on any atom is 0.223 e. The molecule has 1 atom stereocenters. The zero-order valence-corrected chi connectivity index (χ0v) is 13.2. The average molecular weight is 311 g/mol. The van der Waals surface area contributed by atoms with Gasteiger partial charge in [0.1, 0.15) is 0 Å². The molecule has 0 radical (unpaired) electrons. The maximum absolute atomic E-state index is 11.9. The number of piperazine rings is 1. The molecule has 2 heterocycles. The molecule has 0 spiro atoms. The van der Waals surface area contributed by atoms with Crippen molar-refractivity contribution in [2.45, 2.75) is 32.7 Å². The van der Waals surface area contributed by atoms with Crippen molar-refractivity contribution < 1.29 is 15.3 Å². The van der Waals surface area contributed by atoms with Crippen LogP contribution in [0.4, 0.5) is 0 Å². The molecule has 7 nitrogen and oxygen atoms in total. The van der Waals surface area contributed by atoms with Gasteiger partial charge in [0, 0.05) is 51.0 Å². The SMILES string of the molecule is CC(O)Cn1c(CO)cc(=O)c(O)c1CN1CCN(C)CC1. The van der Waals surface area contributed by atoms with E-state index >= 15 is 0 Å². The van der Waals surface area contributed by atoms with Gasteiger partial charge in [0.15, 0.2) is 5.75 Å². The molecule has 0 amide bonds. The molecular weight excluding hydrogens is 286 g/mol. The molecule has 0 aliphatic carbocycles. The Balaban J connectivity index is 2.34. The van der Waals surface area contributed by atoms with Crippen molar-refractivity contribution in [2.24, 2.45) is 0 Å². The standard InChI is InChI=1S/C15H25N3O4/c1-11(20)8-18-12(10-19)7-14(21)15(22)13(18)9-17-5-3-16(2)4-6-17/h7,11,19-20,22H,3-6,8-10H2,1-2H3. The van der Waals surface area contributed by atoms with Gasteiger partial charge in [-0.05, 0) is 14.0 Å². The molecule has 1 aliphatic rings. The third-order valence-electron chi connectivity index (χ3n) is 4.06. The number of aliphatic hydroxyl groups excluding tert-OH is 2. The summed E-state index contributed by atoms with van der Waals surface area (Å²) in [4.78, 5) is 16.3. The molecule has 1 aromatic heterocycles. The lowest BCUT2D eigenvalue weighted by Crippen LogP contribution is -2.44. The lowest BCUT2D eigenvalue weighted by Gasteiger charge is -2.33. The molecule has 2 rings (SSSR count). The first kappa shape index (κ1) is 17.0. The van der Waals surface area contributed by atoms with Crippen molar-refractivity contribution in [2.75, 3.05) is 33.2 Å². The normalized spacial score (nSPS) is 18.5. The molecule has 1 unspecified atom stereocenters. The molecule has 3 N–H and O–H groups in total. The molecule has 7 heteroatoms. The van der Waals surface area contributed by atoms with Crippen LogP contribution in [0.2, 0.25) is 0 Å². The number of hydrogen-bond donors (Lipinski definition) is 3. The van der Waals surface area contributed by atoms with Crippen LogP contribution in [0.1, 0.15) is 18.3 Å². The Labute approximate surface area is 130 Å². The summed E-state index contributed by atoms with van der Waals surface area (Å²) in [5.74, 6) is -0.295. The monoisotopic (exact) mass is 311 g/mol. The summed E-state index contributed by atoms with van der Waals surface area (Å²) in [7, 11) is 2.06. The van der Waals surface area contributed by atoms with E-state index in [9.17, 15) is 20.1 Å². The van der Waals surface area contributed by atoms with Crippen molar-refractivity contribution in [3.8, 4) is 5.75 Å². The highest BCUT2D eigenvalue weighted by Crippen LogP contribution is 2.19. The van der Waals surface area contributed by atoms with E-state index in [-0.39, 0.29) is 18.9 Å². The largest absolute Gasteiger partial charge is 0.503 e. The van der Waals surface area contributed by atoms with Gasteiger partial charge in [0.2, 0.25) is 5.43 Å². The van der Waals surface area contributed by atoms with Gasteiger partial charge < -0.3 is 24.8 Å². The second-order valence-corrected chi connectivity index (χ2v) is 5.99. The minimum absolute atomic E-state index is 0.229. The number of aliphatic hydroxyl groups is 2. The number of aromatic hydroxyl groups is 1. The van der Waals surface area contributed by atoms with Crippen LogP contribution in [0, 0.1) is 0 Å². The first-order valence-electron chi connectivity index (χ1n) is 7.56. The Kier molecular flexibility index (Phi) is 5.57. The number of aromatic nitrogens is 1. The van der Waals surface area contributed by atoms with Gasteiger partial charge in [0.05, 0.1) is 18.4 Å². The summed E-state index contributed by atoms with van der Waals surface area (Å²) < 4.78 is 1.65. The molecule has 1 saturated heterocycles. The van der Waals surface area contributed by atoms with Gasteiger partial charge in [-0.2, -0.15) is 0 Å². The topological polar surface area (TPSA) is 89.2 Å². The van der Waals surface area contributed by atoms with Gasteiger partial charge in [0.25, 0.3) is 0 Å². The van der Waals surface area contributed by atoms with E-state index in [1.165, 1.54) is 6.07 Å². The fraction of sp³-hybridized carbons (Fsp3) is 0.667. The van der Waals surface area contributed by atoms with Crippen LogP contribution in [0.3, 0.4) is 0 Å². The van der Waals surface area contributed by atoms with E-state index in [1.54, 1.807) is 11.5 Å². The lowest BCUT2D eigenvalue weighted by molar-refractivity contribution is 0.137. The number of nitrogens with zero attached hydrogens (tertiary/aromatic N) is 3. The predicted molar refractivity (Wildman–Crippen MR) is 82.7 cm³/mol. The smallest absolute Gasteiger partial charge is 0.223 e. The fourth-order valence-electron chi connectivity index (χ4n) is 2.74. The minimum Gasteiger partial charge on any atom is -0.503 e. The summed E-state index contributed by atoms with van der Waals surface area (Å²) in [6, 6.07) is 1.23. The number of rotatable bonds is 5. The third kappa shape index (κ3) is 3.86. The lowest BCUT2D eigenvalue weighted by atomic mass is 10.2. The van der Waals surface area contributed by atoms with Crippen LogP contribution >= 0.6 is 0 Å². The second-order valence-electron chi connectivity index (χ2n) is 5.99. The molecule has 1 aromatic rings. The van der Waals surface area contributed by atoms with Gasteiger partial charge in [-0.15, -0.1) is 0 Å². The summed E-state index contributed by atoms with van der Waals surface area (Å²) in [6.45, 7) is 5.54. The zero-order valence-electron chi connectivity index (χ0n) is 13.2. The first-order chi connectivity index (χ1) is 10.4. The first-order valence-corrected chi connectivity index (χ1v) is 7.56. The van der Waals surface area contributed by atoms with Crippen LogP contribution in [0.5, 0.6) is 5.75 Å². The number of likely N-dealkylation sites (N-methyl/N-ethyl adjacent to an activating group) is 1. The molecule has 1 aliphatic heterocycles. The van der Waals surface area contributed by atoms with Crippen molar-refractivity contribution >= 4 is 0 Å². The maximum atomic E-state index is 11.9. The summed E-state index contributed by atoms with van der Waals surface area (Å²) in [5, 5.41) is 29.3. The van der Waals surface area contributed by atoms with Crippen LogP contribution in [0.25, 0.3) is 0 Å². The van der Waals surface area contributed by atoms with Crippen LogP contribution in [-0.4, -0.2) is 69.0 Å². The average Bonchev–Trinajstić information content (AvgIpc) is 2.48. The fourth-order valence-corrected chi connectivity index (χ4v) is 2.74. The van der Waals surface area contributed by atoms with Gasteiger partial charge in [-0.1, -0.05) is 0 Å². The summed E-state index contributed by atoms with van der Waals surface area (Å²) >= 11 is 0. The minimum atomic E-state index is -0.640. The Morgan fingerprint density at radius 1 is 1.27 bits per heavy atom. The Hall–Kier alpha value is -1.41. The summed E-state index contributed by atoms with van der Waals surface area (Å²) in [5.41, 5.74) is 0.379. The highest BCUT2D eigenvalue weighted by atomic mass is 16.3. The second kappa shape index (κ2) is 7.23. The van der Waals surface area contributed by atoms with E-state index in [0.717, 1.165) is 26.2 Å². The molecular formula is C15H25N3O4. The van der Waals surface area contributed by atoms with E-state index in [0.29, 0.717) is 17.9 Å². The highest BCUT2D eigenvalue weighted by Gasteiger charge is 2.20. The quantitative estimate of drug-likeness (QED) is 0.658. The predicted octanol–water partition coefficient (Wildman–Crippen LogP) is -0.826. The van der Waals surface area contributed by atoms with Crippen molar-refractivity contribution in [1.29, 1.82) is 0 Å². The number of hydrogen-bond acceptors (Lipinski definition) is 6. The molecule has 124 valence electrons. The van der Waals surface area contributed by atoms with Crippen LogP contribution in [0.15, 0.2) is 10.9 Å². The van der Waals surface area contributed by atoms with E-state index in [1.807, 2.05) is 0 Å². The van der Waals surface area contributed by atoms with Gasteiger partial charge in [-0.3, -0.25) is 9.69 Å². The third-order valence-corrected chi connectivity index (χ3v) is 4.06. The molecule has 1 fully saturated rings. The van der Waals surface area contributed by atoms with E-state index < -0.39 is 11.5 Å². The Morgan fingerprint density at radius 3 is 2.45 bits per heavy atom. The highest BCUT2D eigenvalue weighted by molar-refractivity contribution is 5.30. The van der Waals surface area contributed by atoms with Crippen molar-refractivity contribution in [1.82, 2.24) is 14.4 Å². The molecule has 22 heavy (non-hydrogen) atoms. The zero-order chi connectivity index (χ0) is 16.3.